The molecule has 1 atom stereocenters. The van der Waals surface area contributed by atoms with E-state index < -0.39 is 0 Å². The van der Waals surface area contributed by atoms with Crippen molar-refractivity contribution in [3.05, 3.63) is 41.2 Å². The molecule has 0 bridgehead atoms. The van der Waals surface area contributed by atoms with Crippen molar-refractivity contribution in [2.75, 3.05) is 0 Å². The van der Waals surface area contributed by atoms with Crippen molar-refractivity contribution in [3.8, 4) is 0 Å². The van der Waals surface area contributed by atoms with Crippen molar-refractivity contribution < 1.29 is 4.79 Å². The lowest BCUT2D eigenvalue weighted by molar-refractivity contribution is 0.0932. The van der Waals surface area contributed by atoms with E-state index in [1.54, 1.807) is 10.7 Å². The SMILES string of the molecule is Cc1cc(C(=O)NC(C)Cc2cn(C)nc2C)n2ncnc2n1. The van der Waals surface area contributed by atoms with Gasteiger partial charge in [-0.3, -0.25) is 9.48 Å². The van der Waals surface area contributed by atoms with Gasteiger partial charge in [-0.2, -0.15) is 19.7 Å². The van der Waals surface area contributed by atoms with Crippen LogP contribution in [-0.2, 0) is 13.5 Å². The highest BCUT2D eigenvalue weighted by Gasteiger charge is 2.17. The number of hydrogen-bond donors (Lipinski definition) is 1. The number of amides is 1. The largest absolute Gasteiger partial charge is 0.348 e. The van der Waals surface area contributed by atoms with E-state index in [-0.39, 0.29) is 11.9 Å². The minimum absolute atomic E-state index is 0.0301. The van der Waals surface area contributed by atoms with Crippen LogP contribution in [-0.4, -0.2) is 41.3 Å². The van der Waals surface area contributed by atoms with Crippen molar-refractivity contribution in [1.29, 1.82) is 0 Å². The molecule has 0 aliphatic rings. The highest BCUT2D eigenvalue weighted by atomic mass is 16.2. The monoisotopic (exact) mass is 313 g/mol. The van der Waals surface area contributed by atoms with E-state index >= 15 is 0 Å². The maximum absolute atomic E-state index is 12.6. The molecule has 0 aromatic carbocycles. The molecule has 1 amide bonds. The molecule has 3 rings (SSSR count). The zero-order valence-corrected chi connectivity index (χ0v) is 13.6. The number of nitrogens with one attached hydrogen (secondary N) is 1. The lowest BCUT2D eigenvalue weighted by atomic mass is 10.1. The fourth-order valence-electron chi connectivity index (χ4n) is 2.62. The Labute approximate surface area is 133 Å². The molecular formula is C15H19N7O. The van der Waals surface area contributed by atoms with Gasteiger partial charge >= 0.3 is 0 Å². The molecule has 0 saturated heterocycles. The van der Waals surface area contributed by atoms with Crippen LogP contribution in [0.1, 0.15) is 34.4 Å². The molecule has 8 heteroatoms. The topological polar surface area (TPSA) is 90.0 Å². The maximum Gasteiger partial charge on any atom is 0.270 e. The number of hydrogen-bond acceptors (Lipinski definition) is 5. The van der Waals surface area contributed by atoms with Crippen LogP contribution < -0.4 is 5.32 Å². The van der Waals surface area contributed by atoms with Gasteiger partial charge in [0, 0.05) is 25.0 Å². The van der Waals surface area contributed by atoms with Crippen LogP contribution in [0.3, 0.4) is 0 Å². The van der Waals surface area contributed by atoms with Crippen LogP contribution >= 0.6 is 0 Å². The Morgan fingerprint density at radius 3 is 2.87 bits per heavy atom. The van der Waals surface area contributed by atoms with E-state index in [4.69, 9.17) is 0 Å². The van der Waals surface area contributed by atoms with Gasteiger partial charge in [-0.15, -0.1) is 0 Å². The Bertz CT molecular complexity index is 864. The summed E-state index contributed by atoms with van der Waals surface area (Å²) in [6.45, 7) is 5.76. The van der Waals surface area contributed by atoms with Gasteiger partial charge in [-0.05, 0) is 38.8 Å². The smallest absolute Gasteiger partial charge is 0.270 e. The molecule has 23 heavy (non-hydrogen) atoms. The standard InChI is InChI=1S/C15H19N7O/c1-9(5-12-7-21(4)20-11(12)3)18-14(23)13-6-10(2)19-15-16-8-17-22(13)15/h6-9H,5H2,1-4H3,(H,18,23). The molecule has 0 fully saturated rings. The highest BCUT2D eigenvalue weighted by Crippen LogP contribution is 2.09. The quantitative estimate of drug-likeness (QED) is 0.770. The zero-order valence-electron chi connectivity index (χ0n) is 13.6. The molecule has 1 unspecified atom stereocenters. The summed E-state index contributed by atoms with van der Waals surface area (Å²) in [5.74, 6) is 0.228. The Morgan fingerprint density at radius 2 is 2.17 bits per heavy atom. The predicted octanol–water partition coefficient (Wildman–Crippen LogP) is 0.836. The van der Waals surface area contributed by atoms with Crippen molar-refractivity contribution in [2.45, 2.75) is 33.2 Å². The highest BCUT2D eigenvalue weighted by molar-refractivity contribution is 5.93. The van der Waals surface area contributed by atoms with Gasteiger partial charge in [0.15, 0.2) is 0 Å². The normalized spacial score (nSPS) is 12.5. The summed E-state index contributed by atoms with van der Waals surface area (Å²) in [4.78, 5) is 20.8. The summed E-state index contributed by atoms with van der Waals surface area (Å²) in [6, 6.07) is 1.68. The summed E-state index contributed by atoms with van der Waals surface area (Å²) in [5, 5.41) is 11.4. The van der Waals surface area contributed by atoms with Gasteiger partial charge in [0.05, 0.1) is 5.69 Å². The van der Waals surface area contributed by atoms with Crippen LogP contribution in [0.4, 0.5) is 0 Å². The Morgan fingerprint density at radius 1 is 1.39 bits per heavy atom. The second kappa shape index (κ2) is 5.79. The van der Waals surface area contributed by atoms with Crippen LogP contribution in [0.2, 0.25) is 0 Å². The Balaban J connectivity index is 1.77. The number of carbonyl (C=O) groups is 1. The lowest BCUT2D eigenvalue weighted by Crippen LogP contribution is -2.35. The number of rotatable bonds is 4. The van der Waals surface area contributed by atoms with Crippen LogP contribution in [0.15, 0.2) is 18.6 Å². The zero-order chi connectivity index (χ0) is 16.6. The molecule has 0 aliphatic carbocycles. The first kappa shape index (κ1) is 15.1. The molecule has 3 heterocycles. The first-order valence-electron chi connectivity index (χ1n) is 7.41. The average molecular weight is 313 g/mol. The van der Waals surface area contributed by atoms with Crippen molar-refractivity contribution in [3.63, 3.8) is 0 Å². The number of aromatic nitrogens is 6. The second-order valence-electron chi connectivity index (χ2n) is 5.75. The molecule has 8 nitrogen and oxygen atoms in total. The molecule has 0 saturated carbocycles. The van der Waals surface area contributed by atoms with Crippen LogP contribution in [0, 0.1) is 13.8 Å². The van der Waals surface area contributed by atoms with E-state index in [1.807, 2.05) is 34.0 Å². The third-order valence-corrected chi connectivity index (χ3v) is 3.63. The Kier molecular flexibility index (Phi) is 3.81. The molecule has 0 radical (unpaired) electrons. The molecule has 1 N–H and O–H groups in total. The lowest BCUT2D eigenvalue weighted by Gasteiger charge is -2.14. The summed E-state index contributed by atoms with van der Waals surface area (Å²) >= 11 is 0. The average Bonchev–Trinajstić information content (AvgIpc) is 3.04. The minimum atomic E-state index is -0.194. The van der Waals surface area contributed by atoms with E-state index in [9.17, 15) is 4.79 Å². The number of carbonyl (C=O) groups excluding carboxylic acids is 1. The number of fused-ring (bicyclic) bond motifs is 1. The second-order valence-corrected chi connectivity index (χ2v) is 5.75. The van der Waals surface area contributed by atoms with E-state index in [0.29, 0.717) is 11.5 Å². The minimum Gasteiger partial charge on any atom is -0.348 e. The summed E-state index contributed by atoms with van der Waals surface area (Å²) in [5.41, 5.74) is 3.26. The van der Waals surface area contributed by atoms with Crippen LogP contribution in [0.25, 0.3) is 5.78 Å². The van der Waals surface area contributed by atoms with E-state index in [1.165, 1.54) is 10.8 Å². The molecular weight excluding hydrogens is 294 g/mol. The fourth-order valence-corrected chi connectivity index (χ4v) is 2.62. The Hall–Kier alpha value is -2.77. The van der Waals surface area contributed by atoms with Gasteiger partial charge in [0.25, 0.3) is 11.7 Å². The van der Waals surface area contributed by atoms with Gasteiger partial charge in [0.1, 0.15) is 12.0 Å². The molecule has 0 spiro atoms. The van der Waals surface area contributed by atoms with E-state index in [0.717, 1.165) is 23.4 Å². The van der Waals surface area contributed by atoms with Gasteiger partial charge in [-0.1, -0.05) is 0 Å². The van der Waals surface area contributed by atoms with E-state index in [2.05, 4.69) is 25.5 Å². The third-order valence-electron chi connectivity index (χ3n) is 3.63. The van der Waals surface area contributed by atoms with Gasteiger partial charge in [0.2, 0.25) is 0 Å². The summed E-state index contributed by atoms with van der Waals surface area (Å²) in [6.07, 6.45) is 4.08. The number of nitrogens with zero attached hydrogens (tertiary/aromatic N) is 6. The maximum atomic E-state index is 12.6. The summed E-state index contributed by atoms with van der Waals surface area (Å²) < 4.78 is 3.23. The number of aryl methyl sites for hydroxylation is 3. The fraction of sp³-hybridized carbons (Fsp3) is 0.400. The first-order valence-corrected chi connectivity index (χ1v) is 7.41. The molecule has 0 aliphatic heterocycles. The summed E-state index contributed by atoms with van der Waals surface area (Å²) in [7, 11) is 1.89. The molecule has 3 aromatic rings. The van der Waals surface area contributed by atoms with Crippen molar-refractivity contribution in [2.24, 2.45) is 7.05 Å². The van der Waals surface area contributed by atoms with Crippen molar-refractivity contribution in [1.82, 2.24) is 34.7 Å². The predicted molar refractivity (Wildman–Crippen MR) is 84.1 cm³/mol. The van der Waals surface area contributed by atoms with Crippen molar-refractivity contribution >= 4 is 11.7 Å². The first-order chi connectivity index (χ1) is 10.9. The third kappa shape index (κ3) is 3.05. The van der Waals surface area contributed by atoms with Crippen LogP contribution in [0.5, 0.6) is 0 Å². The molecule has 3 aromatic heterocycles. The molecule has 120 valence electrons. The van der Waals surface area contributed by atoms with Gasteiger partial charge in [-0.25, -0.2) is 4.98 Å². The van der Waals surface area contributed by atoms with Gasteiger partial charge < -0.3 is 5.32 Å².